The molecule has 11 heteroatoms. The van der Waals surface area contributed by atoms with E-state index in [9.17, 15) is 17.6 Å². The van der Waals surface area contributed by atoms with E-state index >= 15 is 0 Å². The average molecular weight is 485 g/mol. The molecule has 3 rings (SSSR count). The molecule has 2 aromatic carbocycles. The van der Waals surface area contributed by atoms with Gasteiger partial charge in [0.2, 0.25) is 10.0 Å². The van der Waals surface area contributed by atoms with Gasteiger partial charge in [-0.05, 0) is 48.9 Å². The summed E-state index contributed by atoms with van der Waals surface area (Å²) in [7, 11) is -3.74. The number of sulfonamides is 1. The highest BCUT2D eigenvalue weighted by Gasteiger charge is 2.24. The molecule has 0 aromatic heterocycles. The van der Waals surface area contributed by atoms with Crippen LogP contribution in [0.1, 0.15) is 22.3 Å². The molecule has 1 aliphatic rings. The van der Waals surface area contributed by atoms with Gasteiger partial charge in [-0.15, -0.1) is 0 Å². The van der Waals surface area contributed by atoms with Crippen LogP contribution in [0.15, 0.2) is 42.5 Å². The summed E-state index contributed by atoms with van der Waals surface area (Å²) in [6.07, 6.45) is 0.448. The number of halogens is 2. The molecule has 0 radical (unpaired) electrons. The lowest BCUT2D eigenvalue weighted by Crippen LogP contribution is -2.38. The fraction of sp³-hybridized carbons (Fsp3) is 0.381. The molecule has 3 N–H and O–H groups in total. The first-order valence-corrected chi connectivity index (χ1v) is 12.1. The number of nitrogens with one attached hydrogen (secondary N) is 1. The molecule has 1 amide bonds. The Morgan fingerprint density at radius 2 is 1.88 bits per heavy atom. The second-order valence-corrected chi connectivity index (χ2v) is 9.82. The topological polar surface area (TPSA) is 105 Å². The number of carbonyl (C=O) groups excluding carboxylic acids is 1. The Balaban J connectivity index is 1.79. The van der Waals surface area contributed by atoms with Crippen molar-refractivity contribution in [2.45, 2.75) is 13.0 Å². The number of morpholine rings is 1. The molecule has 0 bridgehead atoms. The first kappa shape index (κ1) is 24.4. The number of nitrogens with zero attached hydrogens (tertiary/aromatic N) is 2. The molecule has 1 aliphatic heterocycles. The molecule has 32 heavy (non-hydrogen) atoms. The van der Waals surface area contributed by atoms with Gasteiger partial charge in [0.25, 0.3) is 5.91 Å². The summed E-state index contributed by atoms with van der Waals surface area (Å²) >= 11 is 5.92. The Hall–Kier alpha value is -2.24. The van der Waals surface area contributed by atoms with Crippen LogP contribution in [-0.2, 0) is 21.3 Å². The van der Waals surface area contributed by atoms with Gasteiger partial charge in [0.15, 0.2) is 0 Å². The number of amides is 1. The minimum Gasteiger partial charge on any atom is -0.379 e. The maximum Gasteiger partial charge on any atom is 0.265 e. The van der Waals surface area contributed by atoms with Gasteiger partial charge >= 0.3 is 0 Å². The highest BCUT2D eigenvalue weighted by atomic mass is 35.5. The van der Waals surface area contributed by atoms with E-state index in [1.165, 1.54) is 16.4 Å². The van der Waals surface area contributed by atoms with Gasteiger partial charge in [0.1, 0.15) is 5.82 Å². The summed E-state index contributed by atoms with van der Waals surface area (Å²) in [4.78, 5) is 13.8. The quantitative estimate of drug-likeness (QED) is 0.321. The normalized spacial score (nSPS) is 14.8. The van der Waals surface area contributed by atoms with Crippen molar-refractivity contribution in [1.82, 2.24) is 10.3 Å². The Kier molecular flexibility index (Phi) is 8.44. The number of nitrogens with two attached hydrogens (primary N) is 1. The summed E-state index contributed by atoms with van der Waals surface area (Å²) in [5, 5.41) is -0.161. The fourth-order valence-electron chi connectivity index (χ4n) is 3.41. The first-order chi connectivity index (χ1) is 15.3. The molecule has 0 atom stereocenters. The van der Waals surface area contributed by atoms with Crippen molar-refractivity contribution in [3.8, 4) is 0 Å². The molecular weight excluding hydrogens is 459 g/mol. The largest absolute Gasteiger partial charge is 0.379 e. The molecule has 0 aliphatic carbocycles. The van der Waals surface area contributed by atoms with E-state index in [1.54, 1.807) is 24.3 Å². The number of hydrazine groups is 1. The number of nitrogen functional groups attached to an aromatic ring is 1. The van der Waals surface area contributed by atoms with Crippen molar-refractivity contribution in [2.75, 3.05) is 42.9 Å². The Morgan fingerprint density at radius 1 is 1.19 bits per heavy atom. The average Bonchev–Trinajstić information content (AvgIpc) is 2.80. The first-order valence-electron chi connectivity index (χ1n) is 10.2. The standard InChI is InChI=1S/C21H26ClFN4O4S/c22-19-14-18(6-7-20(19)23)27(15-16-2-4-17(5-3-16)21(28)25-24)32(29,30)13-1-8-26-9-11-31-12-10-26/h2-7,14H,1,8-13,15,24H2,(H,25,28). The van der Waals surface area contributed by atoms with E-state index in [-0.39, 0.29) is 23.0 Å². The van der Waals surface area contributed by atoms with Gasteiger partial charge in [-0.25, -0.2) is 18.7 Å². The number of hydrogen-bond acceptors (Lipinski definition) is 6. The maximum atomic E-state index is 13.7. The number of hydrogen-bond donors (Lipinski definition) is 2. The van der Waals surface area contributed by atoms with Crippen LogP contribution in [0.25, 0.3) is 0 Å². The second-order valence-electron chi connectivity index (χ2n) is 7.40. The Bertz CT molecular complexity index is 1030. The zero-order valence-electron chi connectivity index (χ0n) is 17.5. The van der Waals surface area contributed by atoms with Crippen LogP contribution in [-0.4, -0.2) is 57.8 Å². The van der Waals surface area contributed by atoms with Crippen LogP contribution in [0.2, 0.25) is 5.02 Å². The lowest BCUT2D eigenvalue weighted by molar-refractivity contribution is 0.0381. The fourth-order valence-corrected chi connectivity index (χ4v) is 5.08. The summed E-state index contributed by atoms with van der Waals surface area (Å²) in [5.74, 6) is 3.99. The van der Waals surface area contributed by atoms with Crippen molar-refractivity contribution in [2.24, 2.45) is 5.84 Å². The summed E-state index contributed by atoms with van der Waals surface area (Å²) in [6, 6.07) is 10.2. The van der Waals surface area contributed by atoms with Crippen LogP contribution in [0, 0.1) is 5.82 Å². The zero-order valence-corrected chi connectivity index (χ0v) is 19.0. The number of ether oxygens (including phenoxy) is 1. The highest BCUT2D eigenvalue weighted by Crippen LogP contribution is 2.27. The number of benzene rings is 2. The van der Waals surface area contributed by atoms with Gasteiger partial charge < -0.3 is 4.74 Å². The highest BCUT2D eigenvalue weighted by molar-refractivity contribution is 7.92. The van der Waals surface area contributed by atoms with E-state index in [1.807, 2.05) is 5.43 Å². The molecule has 8 nitrogen and oxygen atoms in total. The molecule has 0 spiro atoms. The van der Waals surface area contributed by atoms with Crippen LogP contribution in [0.3, 0.4) is 0 Å². The van der Waals surface area contributed by atoms with E-state index in [2.05, 4.69) is 4.90 Å². The third kappa shape index (κ3) is 6.39. The predicted molar refractivity (Wildman–Crippen MR) is 121 cm³/mol. The molecule has 1 heterocycles. The molecule has 0 saturated carbocycles. The zero-order chi connectivity index (χ0) is 23.1. The number of rotatable bonds is 9. The summed E-state index contributed by atoms with van der Waals surface area (Å²) in [6.45, 7) is 3.49. The van der Waals surface area contributed by atoms with Crippen LogP contribution < -0.4 is 15.6 Å². The molecule has 0 unspecified atom stereocenters. The van der Waals surface area contributed by atoms with Gasteiger partial charge in [-0.3, -0.25) is 19.4 Å². The lowest BCUT2D eigenvalue weighted by Gasteiger charge is -2.28. The predicted octanol–water partition coefficient (Wildman–Crippen LogP) is 2.14. The number of anilines is 1. The Morgan fingerprint density at radius 3 is 2.50 bits per heavy atom. The van der Waals surface area contributed by atoms with E-state index in [0.29, 0.717) is 37.3 Å². The molecule has 174 valence electrons. The van der Waals surface area contributed by atoms with Gasteiger partial charge in [-0.1, -0.05) is 23.7 Å². The molecule has 1 saturated heterocycles. The van der Waals surface area contributed by atoms with Crippen LogP contribution in [0.5, 0.6) is 0 Å². The van der Waals surface area contributed by atoms with Gasteiger partial charge in [-0.2, -0.15) is 0 Å². The van der Waals surface area contributed by atoms with Crippen molar-refractivity contribution < 1.29 is 22.3 Å². The minimum atomic E-state index is -3.74. The van der Waals surface area contributed by atoms with Gasteiger partial charge in [0.05, 0.1) is 36.2 Å². The third-order valence-electron chi connectivity index (χ3n) is 5.18. The minimum absolute atomic E-state index is 0.00632. The van der Waals surface area contributed by atoms with E-state index in [4.69, 9.17) is 22.2 Å². The van der Waals surface area contributed by atoms with Crippen LogP contribution in [0.4, 0.5) is 10.1 Å². The molecular formula is C21H26ClFN4O4S. The van der Waals surface area contributed by atoms with E-state index < -0.39 is 21.7 Å². The Labute approximate surface area is 192 Å². The smallest absolute Gasteiger partial charge is 0.265 e. The van der Waals surface area contributed by atoms with Crippen molar-refractivity contribution in [3.05, 3.63) is 64.4 Å². The SMILES string of the molecule is NNC(=O)c1ccc(CN(c2ccc(F)c(Cl)c2)S(=O)(=O)CCCN2CCOCC2)cc1. The molecule has 1 fully saturated rings. The summed E-state index contributed by atoms with van der Waals surface area (Å²) in [5.41, 5.74) is 3.31. The number of carbonyl (C=O) groups is 1. The third-order valence-corrected chi connectivity index (χ3v) is 7.29. The molecule has 2 aromatic rings. The lowest BCUT2D eigenvalue weighted by atomic mass is 10.1. The van der Waals surface area contributed by atoms with Crippen LogP contribution >= 0.6 is 11.6 Å². The van der Waals surface area contributed by atoms with E-state index in [0.717, 1.165) is 19.2 Å². The van der Waals surface area contributed by atoms with Gasteiger partial charge in [0, 0.05) is 18.7 Å². The second kappa shape index (κ2) is 11.1. The van der Waals surface area contributed by atoms with Crippen molar-refractivity contribution in [3.63, 3.8) is 0 Å². The maximum absolute atomic E-state index is 13.7. The summed E-state index contributed by atoms with van der Waals surface area (Å²) < 4.78 is 46.7. The van der Waals surface area contributed by atoms with Crippen molar-refractivity contribution in [1.29, 1.82) is 0 Å². The van der Waals surface area contributed by atoms with Crippen molar-refractivity contribution >= 4 is 33.2 Å². The monoisotopic (exact) mass is 484 g/mol.